The Kier molecular flexibility index (Phi) is 6.50. The molecule has 0 atom stereocenters. The number of carbonyl (C=O) groups excluding carboxylic acids is 1. The molecule has 3 heterocycles. The number of hydrogen-bond donors (Lipinski definition) is 0. The average molecular weight is 427 g/mol. The van der Waals surface area contributed by atoms with Crippen molar-refractivity contribution in [3.05, 3.63) is 53.3 Å². The molecule has 2 saturated heterocycles. The van der Waals surface area contributed by atoms with Gasteiger partial charge >= 0.3 is 0 Å². The third-order valence-electron chi connectivity index (χ3n) is 5.69. The largest absolute Gasteiger partial charge is 0.354 e. The zero-order valence-electron chi connectivity index (χ0n) is 17.2. The topological polar surface area (TPSA) is 55.8 Å². The van der Waals surface area contributed by atoms with Crippen LogP contribution in [0.2, 0.25) is 5.02 Å². The van der Waals surface area contributed by atoms with Crippen molar-refractivity contribution < 1.29 is 4.79 Å². The maximum absolute atomic E-state index is 12.6. The predicted molar refractivity (Wildman–Crippen MR) is 121 cm³/mol. The van der Waals surface area contributed by atoms with Crippen LogP contribution in [-0.4, -0.2) is 85.1 Å². The van der Waals surface area contributed by atoms with E-state index in [-0.39, 0.29) is 5.91 Å². The van der Waals surface area contributed by atoms with Gasteiger partial charge in [-0.2, -0.15) is 0 Å². The lowest BCUT2D eigenvalue weighted by atomic mass is 10.2. The third-order valence-corrected chi connectivity index (χ3v) is 6.04. The van der Waals surface area contributed by atoms with Crippen molar-refractivity contribution in [2.45, 2.75) is 0 Å². The molecule has 0 N–H and O–H groups in total. The van der Waals surface area contributed by atoms with E-state index in [0.717, 1.165) is 56.5 Å². The van der Waals surface area contributed by atoms with Crippen LogP contribution in [0.1, 0.15) is 5.56 Å². The fourth-order valence-electron chi connectivity index (χ4n) is 3.75. The quantitative estimate of drug-likeness (QED) is 0.699. The molecule has 2 fully saturated rings. The number of piperazine rings is 2. The summed E-state index contributed by atoms with van der Waals surface area (Å²) in [5.74, 6) is 1.92. The molecule has 1 aromatic heterocycles. The SMILES string of the molecule is CN1CCN(c2cc(N3CCN(C(=O)/C=C/c4ccccc4Cl)CC3)ncn2)CC1. The van der Waals surface area contributed by atoms with Crippen molar-refractivity contribution in [2.75, 3.05) is 69.2 Å². The van der Waals surface area contributed by atoms with Gasteiger partial charge in [-0.05, 0) is 24.8 Å². The molecule has 2 aliphatic heterocycles. The van der Waals surface area contributed by atoms with Gasteiger partial charge in [0, 0.05) is 69.5 Å². The lowest BCUT2D eigenvalue weighted by Crippen LogP contribution is -2.48. The summed E-state index contributed by atoms with van der Waals surface area (Å²) in [5.41, 5.74) is 0.851. The van der Waals surface area contributed by atoms with E-state index in [2.05, 4.69) is 37.8 Å². The second-order valence-corrected chi connectivity index (χ2v) is 8.10. The molecule has 0 unspecified atom stereocenters. The van der Waals surface area contributed by atoms with Crippen LogP contribution in [0.15, 0.2) is 42.7 Å². The minimum atomic E-state index is 0.00961. The first-order chi connectivity index (χ1) is 14.6. The van der Waals surface area contributed by atoms with Gasteiger partial charge in [0.25, 0.3) is 0 Å². The summed E-state index contributed by atoms with van der Waals surface area (Å²) in [6.07, 6.45) is 5.03. The Hall–Kier alpha value is -2.64. The van der Waals surface area contributed by atoms with E-state index < -0.39 is 0 Å². The minimum absolute atomic E-state index is 0.00961. The monoisotopic (exact) mass is 426 g/mol. The molecular weight excluding hydrogens is 400 g/mol. The number of carbonyl (C=O) groups is 1. The standard InChI is InChI=1S/C22H27ClN6O/c1-26-8-10-27(11-9-26)20-16-21(25-17-24-20)28-12-14-29(15-13-28)22(30)7-6-18-4-2-3-5-19(18)23/h2-7,16-17H,8-15H2,1H3/b7-6+. The van der Waals surface area contributed by atoms with Crippen molar-refractivity contribution in [1.29, 1.82) is 0 Å². The fourth-order valence-corrected chi connectivity index (χ4v) is 3.95. The molecule has 8 heteroatoms. The zero-order chi connectivity index (χ0) is 20.9. The highest BCUT2D eigenvalue weighted by molar-refractivity contribution is 6.32. The van der Waals surface area contributed by atoms with Gasteiger partial charge in [-0.25, -0.2) is 9.97 Å². The maximum Gasteiger partial charge on any atom is 0.246 e. The van der Waals surface area contributed by atoms with E-state index in [1.807, 2.05) is 29.2 Å². The molecule has 1 aromatic carbocycles. The predicted octanol–water partition coefficient (Wildman–Crippen LogP) is 2.24. The van der Waals surface area contributed by atoms with Crippen LogP contribution in [0.4, 0.5) is 11.6 Å². The maximum atomic E-state index is 12.6. The highest BCUT2D eigenvalue weighted by Gasteiger charge is 2.22. The summed E-state index contributed by atoms with van der Waals surface area (Å²) >= 11 is 6.16. The molecule has 7 nitrogen and oxygen atoms in total. The van der Waals surface area contributed by atoms with Crippen LogP contribution in [0.25, 0.3) is 6.08 Å². The lowest BCUT2D eigenvalue weighted by molar-refractivity contribution is -0.126. The van der Waals surface area contributed by atoms with Gasteiger partial charge in [0.05, 0.1) is 0 Å². The van der Waals surface area contributed by atoms with Gasteiger partial charge in [0.1, 0.15) is 18.0 Å². The number of rotatable bonds is 4. The summed E-state index contributed by atoms with van der Waals surface area (Å²) in [7, 11) is 2.15. The van der Waals surface area contributed by atoms with Crippen LogP contribution in [0.3, 0.4) is 0 Å². The van der Waals surface area contributed by atoms with Crippen LogP contribution >= 0.6 is 11.6 Å². The molecule has 0 bridgehead atoms. The van der Waals surface area contributed by atoms with E-state index >= 15 is 0 Å². The molecule has 0 spiro atoms. The van der Waals surface area contributed by atoms with Crippen molar-refractivity contribution >= 4 is 35.2 Å². The Balaban J connectivity index is 1.34. The normalized spacial score (nSPS) is 18.3. The first-order valence-electron chi connectivity index (χ1n) is 10.3. The van der Waals surface area contributed by atoms with Crippen molar-refractivity contribution in [3.63, 3.8) is 0 Å². The highest BCUT2D eigenvalue weighted by atomic mass is 35.5. The lowest BCUT2D eigenvalue weighted by Gasteiger charge is -2.36. The average Bonchev–Trinajstić information content (AvgIpc) is 2.79. The Morgan fingerprint density at radius 2 is 1.53 bits per heavy atom. The zero-order valence-corrected chi connectivity index (χ0v) is 18.0. The van der Waals surface area contributed by atoms with E-state index in [1.165, 1.54) is 0 Å². The van der Waals surface area contributed by atoms with Crippen molar-refractivity contribution in [3.8, 4) is 0 Å². The fraction of sp³-hybridized carbons (Fsp3) is 0.409. The number of anilines is 2. The number of amides is 1. The van der Waals surface area contributed by atoms with Gasteiger partial charge in [-0.1, -0.05) is 29.8 Å². The molecule has 30 heavy (non-hydrogen) atoms. The molecule has 0 radical (unpaired) electrons. The number of benzene rings is 1. The van der Waals surface area contributed by atoms with Gasteiger partial charge < -0.3 is 19.6 Å². The van der Waals surface area contributed by atoms with Gasteiger partial charge in [-0.15, -0.1) is 0 Å². The van der Waals surface area contributed by atoms with E-state index in [4.69, 9.17) is 11.6 Å². The molecule has 2 aromatic rings. The first-order valence-corrected chi connectivity index (χ1v) is 10.7. The molecule has 4 rings (SSSR count). The molecular formula is C22H27ClN6O. The Bertz CT molecular complexity index is 904. The van der Waals surface area contributed by atoms with Gasteiger partial charge in [0.2, 0.25) is 5.91 Å². The molecule has 158 valence electrons. The number of halogens is 1. The van der Waals surface area contributed by atoms with Crippen molar-refractivity contribution in [1.82, 2.24) is 19.8 Å². The Labute approximate surface area is 182 Å². The summed E-state index contributed by atoms with van der Waals surface area (Å²) in [6, 6.07) is 9.58. The molecule has 2 aliphatic rings. The van der Waals surface area contributed by atoms with Gasteiger partial charge in [0.15, 0.2) is 0 Å². The first kappa shape index (κ1) is 20.6. The summed E-state index contributed by atoms with van der Waals surface area (Å²) in [6.45, 7) is 6.89. The molecule has 1 amide bonds. The van der Waals surface area contributed by atoms with Crippen LogP contribution in [0.5, 0.6) is 0 Å². The van der Waals surface area contributed by atoms with Crippen molar-refractivity contribution in [2.24, 2.45) is 0 Å². The van der Waals surface area contributed by atoms with Crippen LogP contribution in [-0.2, 0) is 4.79 Å². The summed E-state index contributed by atoms with van der Waals surface area (Å²) < 4.78 is 0. The van der Waals surface area contributed by atoms with E-state index in [1.54, 1.807) is 18.5 Å². The van der Waals surface area contributed by atoms with Crippen LogP contribution in [0, 0.1) is 0 Å². The number of aromatic nitrogens is 2. The second-order valence-electron chi connectivity index (χ2n) is 7.69. The second kappa shape index (κ2) is 9.45. The summed E-state index contributed by atoms with van der Waals surface area (Å²) in [4.78, 5) is 30.2. The van der Waals surface area contributed by atoms with Gasteiger partial charge in [-0.3, -0.25) is 4.79 Å². The van der Waals surface area contributed by atoms with Crippen LogP contribution < -0.4 is 9.80 Å². The highest BCUT2D eigenvalue weighted by Crippen LogP contribution is 2.20. The molecule has 0 saturated carbocycles. The Morgan fingerprint density at radius 1 is 0.933 bits per heavy atom. The van der Waals surface area contributed by atoms with E-state index in [0.29, 0.717) is 18.1 Å². The summed E-state index contributed by atoms with van der Waals surface area (Å²) in [5, 5.41) is 0.645. The Morgan fingerprint density at radius 3 is 2.17 bits per heavy atom. The number of likely N-dealkylation sites (N-methyl/N-ethyl adjacent to an activating group) is 1. The minimum Gasteiger partial charge on any atom is -0.354 e. The number of nitrogens with zero attached hydrogens (tertiary/aromatic N) is 6. The smallest absolute Gasteiger partial charge is 0.246 e. The third kappa shape index (κ3) is 4.91. The molecule has 0 aliphatic carbocycles. The van der Waals surface area contributed by atoms with E-state index in [9.17, 15) is 4.79 Å². The number of hydrogen-bond acceptors (Lipinski definition) is 6.